The average molecular weight is 369 g/mol. The van der Waals surface area contributed by atoms with Gasteiger partial charge in [0.15, 0.2) is 0 Å². The molecule has 0 heterocycles. The molecule has 0 aromatic heterocycles. The summed E-state index contributed by atoms with van der Waals surface area (Å²) in [7, 11) is 1.95. The van der Waals surface area contributed by atoms with E-state index in [1.54, 1.807) is 0 Å². The van der Waals surface area contributed by atoms with Crippen LogP contribution in [0, 0.1) is 0 Å². The fraction of sp³-hybridized carbons (Fsp3) is 0.294. The second-order valence-corrected chi connectivity index (χ2v) is 6.04. The molecule has 2 rings (SSSR count). The summed E-state index contributed by atoms with van der Waals surface area (Å²) < 4.78 is 6.76. The molecule has 0 fully saturated rings. The number of hydrogen-bond acceptors (Lipinski definition) is 2. The number of hydrogen-bond donors (Lipinski definition) is 1. The second-order valence-electron chi connectivity index (χ2n) is 4.78. The topological polar surface area (TPSA) is 21.3 Å². The van der Waals surface area contributed by atoms with E-state index in [4.69, 9.17) is 16.3 Å². The smallest absolute Gasteiger partial charge is 0.124 e. The molecular formula is C17H19BrClNO. The van der Waals surface area contributed by atoms with E-state index in [1.165, 1.54) is 0 Å². The van der Waals surface area contributed by atoms with Gasteiger partial charge in [-0.05, 0) is 53.2 Å². The lowest BCUT2D eigenvalue weighted by atomic mass is 9.98. The highest BCUT2D eigenvalue weighted by atomic mass is 79.9. The molecule has 1 unspecified atom stereocenters. The molecule has 21 heavy (non-hydrogen) atoms. The van der Waals surface area contributed by atoms with Gasteiger partial charge in [0.25, 0.3) is 0 Å². The van der Waals surface area contributed by atoms with Crippen molar-refractivity contribution >= 4 is 27.5 Å². The first-order valence-corrected chi connectivity index (χ1v) is 8.18. The third-order valence-corrected chi connectivity index (χ3v) is 4.47. The number of para-hydroxylation sites is 1. The molecule has 0 aliphatic rings. The highest BCUT2D eigenvalue weighted by Gasteiger charge is 2.17. The molecule has 0 saturated carbocycles. The van der Waals surface area contributed by atoms with E-state index in [-0.39, 0.29) is 6.04 Å². The number of halogens is 2. The van der Waals surface area contributed by atoms with Gasteiger partial charge in [0.1, 0.15) is 5.75 Å². The van der Waals surface area contributed by atoms with E-state index in [0.717, 1.165) is 34.4 Å². The van der Waals surface area contributed by atoms with Gasteiger partial charge in [-0.25, -0.2) is 0 Å². The Bertz CT molecular complexity index is 603. The zero-order valence-electron chi connectivity index (χ0n) is 12.2. The molecule has 4 heteroatoms. The quantitative estimate of drug-likeness (QED) is 0.756. The number of nitrogens with one attached hydrogen (secondary N) is 1. The maximum Gasteiger partial charge on any atom is 0.124 e. The van der Waals surface area contributed by atoms with Crippen molar-refractivity contribution in [3.63, 3.8) is 0 Å². The van der Waals surface area contributed by atoms with Gasteiger partial charge in [-0.2, -0.15) is 0 Å². The summed E-state index contributed by atoms with van der Waals surface area (Å²) in [5.74, 6) is 0.921. The Morgan fingerprint density at radius 3 is 2.67 bits per heavy atom. The molecule has 0 radical (unpaired) electrons. The van der Waals surface area contributed by atoms with Crippen LogP contribution in [0.4, 0.5) is 0 Å². The van der Waals surface area contributed by atoms with Crippen LogP contribution in [0.1, 0.15) is 30.5 Å². The zero-order chi connectivity index (χ0) is 15.2. The Morgan fingerprint density at radius 2 is 2.00 bits per heavy atom. The van der Waals surface area contributed by atoms with Gasteiger partial charge in [0.2, 0.25) is 0 Å². The Balaban J connectivity index is 2.38. The second kappa shape index (κ2) is 7.83. The number of rotatable bonds is 6. The van der Waals surface area contributed by atoms with Crippen LogP contribution < -0.4 is 10.1 Å². The molecule has 0 aliphatic heterocycles. The fourth-order valence-electron chi connectivity index (χ4n) is 2.26. The van der Waals surface area contributed by atoms with Gasteiger partial charge in [0.05, 0.1) is 17.7 Å². The van der Waals surface area contributed by atoms with Gasteiger partial charge in [-0.15, -0.1) is 0 Å². The van der Waals surface area contributed by atoms with Crippen molar-refractivity contribution in [1.29, 1.82) is 0 Å². The lowest BCUT2D eigenvalue weighted by molar-refractivity contribution is 0.312. The molecule has 0 spiro atoms. The Morgan fingerprint density at radius 1 is 1.24 bits per heavy atom. The van der Waals surface area contributed by atoms with Crippen molar-refractivity contribution in [2.45, 2.75) is 19.4 Å². The zero-order valence-corrected chi connectivity index (χ0v) is 14.5. The van der Waals surface area contributed by atoms with Gasteiger partial charge < -0.3 is 10.1 Å². The van der Waals surface area contributed by atoms with Crippen molar-refractivity contribution in [2.75, 3.05) is 13.7 Å². The molecule has 0 bridgehead atoms. The molecule has 0 aliphatic carbocycles. The Hall–Kier alpha value is -1.03. The SMILES string of the molecule is CCCOc1ccccc1C(NC)c1ccc(Cl)c(Br)c1. The van der Waals surface area contributed by atoms with E-state index >= 15 is 0 Å². The first-order valence-electron chi connectivity index (χ1n) is 7.01. The van der Waals surface area contributed by atoms with Crippen LogP contribution in [0.3, 0.4) is 0 Å². The highest BCUT2D eigenvalue weighted by molar-refractivity contribution is 9.10. The van der Waals surface area contributed by atoms with Crippen LogP contribution in [0.5, 0.6) is 5.75 Å². The largest absolute Gasteiger partial charge is 0.493 e. The minimum absolute atomic E-state index is 0.0617. The van der Waals surface area contributed by atoms with E-state index < -0.39 is 0 Å². The van der Waals surface area contributed by atoms with E-state index in [1.807, 2.05) is 43.4 Å². The molecule has 0 saturated heterocycles. The standard InChI is InChI=1S/C17H19BrClNO/c1-3-10-21-16-7-5-4-6-13(16)17(20-2)12-8-9-15(19)14(18)11-12/h4-9,11,17,20H,3,10H2,1-2H3. The molecular weight excluding hydrogens is 350 g/mol. The molecule has 2 aromatic rings. The Kier molecular flexibility index (Phi) is 6.09. The first-order chi connectivity index (χ1) is 10.2. The molecule has 2 aromatic carbocycles. The average Bonchev–Trinajstić information content (AvgIpc) is 2.50. The molecule has 112 valence electrons. The van der Waals surface area contributed by atoms with E-state index in [2.05, 4.69) is 34.2 Å². The lowest BCUT2D eigenvalue weighted by Crippen LogP contribution is -2.18. The lowest BCUT2D eigenvalue weighted by Gasteiger charge is -2.21. The monoisotopic (exact) mass is 367 g/mol. The van der Waals surface area contributed by atoms with E-state index in [0.29, 0.717) is 5.02 Å². The normalized spacial score (nSPS) is 12.2. The number of ether oxygens (including phenoxy) is 1. The van der Waals surface area contributed by atoms with Crippen LogP contribution in [-0.2, 0) is 0 Å². The molecule has 1 N–H and O–H groups in total. The van der Waals surface area contributed by atoms with Crippen molar-refractivity contribution in [3.05, 3.63) is 63.1 Å². The fourth-order valence-corrected chi connectivity index (χ4v) is 2.77. The van der Waals surface area contributed by atoms with E-state index in [9.17, 15) is 0 Å². The summed E-state index contributed by atoms with van der Waals surface area (Å²) >= 11 is 9.57. The number of benzene rings is 2. The summed E-state index contributed by atoms with van der Waals surface area (Å²) in [6.07, 6.45) is 0.991. The maximum atomic E-state index is 6.08. The van der Waals surface area contributed by atoms with Gasteiger partial charge in [-0.3, -0.25) is 0 Å². The van der Waals surface area contributed by atoms with Crippen molar-refractivity contribution in [1.82, 2.24) is 5.32 Å². The first kappa shape index (κ1) is 16.3. The van der Waals surface area contributed by atoms with Crippen molar-refractivity contribution in [2.24, 2.45) is 0 Å². The minimum Gasteiger partial charge on any atom is -0.493 e. The van der Waals surface area contributed by atoms with Crippen molar-refractivity contribution in [3.8, 4) is 5.75 Å². The van der Waals surface area contributed by atoms with Crippen LogP contribution >= 0.6 is 27.5 Å². The highest BCUT2D eigenvalue weighted by Crippen LogP contribution is 2.33. The summed E-state index contributed by atoms with van der Waals surface area (Å²) in [6, 6.07) is 14.2. The Labute approximate surface area is 139 Å². The van der Waals surface area contributed by atoms with Crippen LogP contribution in [0.2, 0.25) is 5.02 Å². The van der Waals surface area contributed by atoms with Gasteiger partial charge >= 0.3 is 0 Å². The predicted octanol–water partition coefficient (Wildman–Crippen LogP) is 5.20. The van der Waals surface area contributed by atoms with Gasteiger partial charge in [-0.1, -0.05) is 42.8 Å². The van der Waals surface area contributed by atoms with Crippen molar-refractivity contribution < 1.29 is 4.74 Å². The maximum absolute atomic E-state index is 6.08. The molecule has 1 atom stereocenters. The summed E-state index contributed by atoms with van der Waals surface area (Å²) in [4.78, 5) is 0. The summed E-state index contributed by atoms with van der Waals surface area (Å²) in [5, 5.41) is 4.07. The summed E-state index contributed by atoms with van der Waals surface area (Å²) in [6.45, 7) is 2.83. The summed E-state index contributed by atoms with van der Waals surface area (Å²) in [5.41, 5.74) is 2.27. The molecule has 2 nitrogen and oxygen atoms in total. The van der Waals surface area contributed by atoms with Crippen LogP contribution in [0.25, 0.3) is 0 Å². The van der Waals surface area contributed by atoms with Gasteiger partial charge in [0, 0.05) is 10.0 Å². The third-order valence-electron chi connectivity index (χ3n) is 3.26. The van der Waals surface area contributed by atoms with Crippen LogP contribution in [-0.4, -0.2) is 13.7 Å². The minimum atomic E-state index is 0.0617. The molecule has 0 amide bonds. The third kappa shape index (κ3) is 4.00. The predicted molar refractivity (Wildman–Crippen MR) is 92.3 cm³/mol. The van der Waals surface area contributed by atoms with Crippen LogP contribution in [0.15, 0.2) is 46.9 Å².